The van der Waals surface area contributed by atoms with Crippen LogP contribution in [0.25, 0.3) is 0 Å². The first-order valence-corrected chi connectivity index (χ1v) is 14.3. The first-order chi connectivity index (χ1) is 20.2. The van der Waals surface area contributed by atoms with Crippen molar-refractivity contribution in [1.29, 1.82) is 5.26 Å². The second-order valence-corrected chi connectivity index (χ2v) is 11.1. The number of benzene rings is 2. The molecular formula is C31H35N7O4. The summed E-state index contributed by atoms with van der Waals surface area (Å²) in [6, 6.07) is 12.4. The van der Waals surface area contributed by atoms with Gasteiger partial charge in [0, 0.05) is 30.1 Å². The Morgan fingerprint density at radius 1 is 1.10 bits per heavy atom. The van der Waals surface area contributed by atoms with Crippen molar-refractivity contribution in [2.45, 2.75) is 69.9 Å². The van der Waals surface area contributed by atoms with Crippen LogP contribution in [0.5, 0.6) is 0 Å². The van der Waals surface area contributed by atoms with Gasteiger partial charge < -0.3 is 26.1 Å². The van der Waals surface area contributed by atoms with Gasteiger partial charge in [0.15, 0.2) is 0 Å². The zero-order valence-corrected chi connectivity index (χ0v) is 23.9. The lowest BCUT2D eigenvalue weighted by molar-refractivity contribution is -0.130. The summed E-state index contributed by atoms with van der Waals surface area (Å²) >= 11 is 0. The second-order valence-electron chi connectivity index (χ2n) is 11.1. The summed E-state index contributed by atoms with van der Waals surface area (Å²) in [7, 11) is 0. The minimum absolute atomic E-state index is 0.0699. The highest BCUT2D eigenvalue weighted by Crippen LogP contribution is 2.48. The number of aromatic nitrogens is 2. The zero-order chi connectivity index (χ0) is 30.0. The lowest BCUT2D eigenvalue weighted by Gasteiger charge is -2.36. The van der Waals surface area contributed by atoms with E-state index in [4.69, 9.17) is 15.9 Å². The molecule has 0 radical (unpaired) electrons. The van der Waals surface area contributed by atoms with Crippen molar-refractivity contribution in [3.63, 3.8) is 0 Å². The smallest absolute Gasteiger partial charge is 0.248 e. The van der Waals surface area contributed by atoms with E-state index >= 15 is 0 Å². The number of nitrogens with two attached hydrogens (primary N) is 2. The quantitative estimate of drug-likeness (QED) is 0.350. The van der Waals surface area contributed by atoms with E-state index in [1.807, 2.05) is 26.0 Å². The van der Waals surface area contributed by atoms with Gasteiger partial charge in [-0.25, -0.2) is 0 Å². The maximum absolute atomic E-state index is 13.0. The molecule has 3 aromatic rings. The Balaban J connectivity index is 1.62. The molecule has 42 heavy (non-hydrogen) atoms. The van der Waals surface area contributed by atoms with Crippen LogP contribution in [0.3, 0.4) is 0 Å². The van der Waals surface area contributed by atoms with Gasteiger partial charge in [-0.05, 0) is 85.5 Å². The molecule has 1 aromatic heterocycles. The second kappa shape index (κ2) is 11.7. The standard InChI is InChI=1S/C31H35N7O4/c1-3-26-36-37-30(42-26)31(15-18(2)35-17-27(39)38-12-4-5-23(38)16-32)24-10-8-21(28(33)40)13-19(24)6-7-20-14-22(29(34)41)9-11-25(20)31/h8-11,13-14,18,23,35H,3-7,12,15,17H2,1-2H3,(H2,33,40)(H2,34,41)/t18-,23?/m1/s1. The average molecular weight is 570 g/mol. The van der Waals surface area contributed by atoms with Crippen molar-refractivity contribution in [2.75, 3.05) is 13.1 Å². The number of hydrogen-bond acceptors (Lipinski definition) is 8. The molecule has 5 rings (SSSR count). The number of nitrogens with one attached hydrogen (secondary N) is 1. The molecule has 1 unspecified atom stereocenters. The molecule has 11 nitrogen and oxygen atoms in total. The third-order valence-corrected chi connectivity index (χ3v) is 8.43. The summed E-state index contributed by atoms with van der Waals surface area (Å²) in [5.74, 6) is -0.320. The third kappa shape index (κ3) is 5.25. The first kappa shape index (κ1) is 29.0. The molecule has 0 spiro atoms. The predicted octanol–water partition coefficient (Wildman–Crippen LogP) is 2.15. The molecular weight excluding hydrogens is 534 g/mol. The van der Waals surface area contributed by atoms with E-state index in [1.54, 1.807) is 29.2 Å². The van der Waals surface area contributed by atoms with Crippen molar-refractivity contribution in [3.05, 3.63) is 81.6 Å². The van der Waals surface area contributed by atoms with Crippen LogP contribution in [0.1, 0.15) is 87.9 Å². The van der Waals surface area contributed by atoms with Crippen LogP contribution in [-0.2, 0) is 29.5 Å². The van der Waals surface area contributed by atoms with Crippen molar-refractivity contribution in [3.8, 4) is 6.07 Å². The molecule has 1 aliphatic carbocycles. The van der Waals surface area contributed by atoms with Gasteiger partial charge in [-0.3, -0.25) is 14.4 Å². The lowest BCUT2D eigenvalue weighted by atomic mass is 9.68. The monoisotopic (exact) mass is 569 g/mol. The number of carbonyl (C=O) groups is 3. The molecule has 1 aliphatic heterocycles. The molecule has 0 saturated carbocycles. The fourth-order valence-corrected chi connectivity index (χ4v) is 6.36. The number of nitrogens with zero attached hydrogens (tertiary/aromatic N) is 4. The summed E-state index contributed by atoms with van der Waals surface area (Å²) in [5.41, 5.74) is 14.7. The third-order valence-electron chi connectivity index (χ3n) is 8.43. The lowest BCUT2D eigenvalue weighted by Crippen LogP contribution is -2.45. The molecule has 11 heteroatoms. The van der Waals surface area contributed by atoms with Gasteiger partial charge in [0.05, 0.1) is 12.6 Å². The van der Waals surface area contributed by atoms with Crippen molar-refractivity contribution in [2.24, 2.45) is 11.5 Å². The van der Waals surface area contributed by atoms with Crippen LogP contribution in [0.2, 0.25) is 0 Å². The van der Waals surface area contributed by atoms with Gasteiger partial charge in [0.2, 0.25) is 29.5 Å². The number of carbonyl (C=O) groups excluding carboxylic acids is 3. The van der Waals surface area contributed by atoms with E-state index in [1.165, 1.54) is 0 Å². The molecule has 2 atom stereocenters. The first-order valence-electron chi connectivity index (χ1n) is 14.3. The van der Waals surface area contributed by atoms with Gasteiger partial charge in [0.25, 0.3) is 0 Å². The summed E-state index contributed by atoms with van der Waals surface area (Å²) in [6.07, 6.45) is 3.61. The van der Waals surface area contributed by atoms with Gasteiger partial charge in [-0.15, -0.1) is 10.2 Å². The van der Waals surface area contributed by atoms with Crippen molar-refractivity contribution in [1.82, 2.24) is 20.4 Å². The molecule has 5 N–H and O–H groups in total. The zero-order valence-electron chi connectivity index (χ0n) is 23.9. The van der Waals surface area contributed by atoms with E-state index in [2.05, 4.69) is 21.6 Å². The maximum Gasteiger partial charge on any atom is 0.248 e. The number of hydrogen-bond donors (Lipinski definition) is 3. The average Bonchev–Trinajstić information content (AvgIpc) is 3.65. The Morgan fingerprint density at radius 2 is 1.71 bits per heavy atom. The van der Waals surface area contributed by atoms with Gasteiger partial charge in [-0.1, -0.05) is 19.1 Å². The molecule has 1 fully saturated rings. The number of aryl methyl sites for hydroxylation is 3. The van der Waals surface area contributed by atoms with Crippen LogP contribution in [-0.4, -0.2) is 58.0 Å². The molecule has 3 amide bonds. The molecule has 2 heterocycles. The van der Waals surface area contributed by atoms with E-state index in [0.29, 0.717) is 61.6 Å². The highest BCUT2D eigenvalue weighted by molar-refractivity contribution is 5.94. The predicted molar refractivity (Wildman–Crippen MR) is 153 cm³/mol. The van der Waals surface area contributed by atoms with Crippen LogP contribution in [0, 0.1) is 11.3 Å². The molecule has 2 aliphatic rings. The Labute approximate surface area is 244 Å². The number of likely N-dealkylation sites (tertiary alicyclic amines) is 1. The maximum atomic E-state index is 13.0. The Bertz CT molecular complexity index is 1510. The SMILES string of the molecule is CCc1nnc(C2(C[C@@H](C)NCC(=O)N3CCCC3C#N)c3ccc(C(N)=O)cc3CCc3cc(C(N)=O)ccc32)o1. The van der Waals surface area contributed by atoms with Crippen LogP contribution in [0.4, 0.5) is 0 Å². The summed E-state index contributed by atoms with van der Waals surface area (Å²) in [5, 5.41) is 21.6. The topological polar surface area (TPSA) is 181 Å². The summed E-state index contributed by atoms with van der Waals surface area (Å²) in [6.45, 7) is 4.56. The van der Waals surface area contributed by atoms with Gasteiger partial charge in [0.1, 0.15) is 11.5 Å². The van der Waals surface area contributed by atoms with E-state index in [9.17, 15) is 19.6 Å². The molecule has 218 valence electrons. The minimum atomic E-state index is -0.980. The largest absolute Gasteiger partial charge is 0.424 e. The molecule has 1 saturated heterocycles. The van der Waals surface area contributed by atoms with E-state index in [0.717, 1.165) is 28.7 Å². The fourth-order valence-electron chi connectivity index (χ4n) is 6.36. The number of nitriles is 1. The highest BCUT2D eigenvalue weighted by atomic mass is 16.4. The highest BCUT2D eigenvalue weighted by Gasteiger charge is 2.46. The summed E-state index contributed by atoms with van der Waals surface area (Å²) < 4.78 is 6.29. The Kier molecular flexibility index (Phi) is 8.09. The molecule has 2 aromatic carbocycles. The number of amides is 3. The van der Waals surface area contributed by atoms with Crippen molar-refractivity contribution < 1.29 is 18.8 Å². The van der Waals surface area contributed by atoms with E-state index in [-0.39, 0.29) is 18.5 Å². The van der Waals surface area contributed by atoms with Crippen LogP contribution >= 0.6 is 0 Å². The van der Waals surface area contributed by atoms with Gasteiger partial charge >= 0.3 is 0 Å². The minimum Gasteiger partial charge on any atom is -0.424 e. The fraction of sp³-hybridized carbons (Fsp3) is 0.419. The number of fused-ring (bicyclic) bond motifs is 2. The Hall–Kier alpha value is -4.56. The Morgan fingerprint density at radius 3 is 2.24 bits per heavy atom. The van der Waals surface area contributed by atoms with Crippen LogP contribution < -0.4 is 16.8 Å². The molecule has 0 bridgehead atoms. The van der Waals surface area contributed by atoms with Crippen LogP contribution in [0.15, 0.2) is 40.8 Å². The van der Waals surface area contributed by atoms with Crippen molar-refractivity contribution >= 4 is 17.7 Å². The number of rotatable bonds is 9. The summed E-state index contributed by atoms with van der Waals surface area (Å²) in [4.78, 5) is 38.9. The van der Waals surface area contributed by atoms with E-state index < -0.39 is 23.3 Å². The number of primary amides is 2. The normalized spacial score (nSPS) is 17.9. The van der Waals surface area contributed by atoms with Gasteiger partial charge in [-0.2, -0.15) is 5.26 Å².